The highest BCUT2D eigenvalue weighted by molar-refractivity contribution is 9.09. The van der Waals surface area contributed by atoms with Gasteiger partial charge >= 0.3 is 0 Å². The van der Waals surface area contributed by atoms with E-state index in [1.165, 1.54) is 33.2 Å². The van der Waals surface area contributed by atoms with Gasteiger partial charge in [-0.25, -0.2) is 0 Å². The highest BCUT2D eigenvalue weighted by Crippen LogP contribution is 2.38. The third-order valence-corrected chi connectivity index (χ3v) is 5.60. The molecule has 3 rings (SSSR count). The Labute approximate surface area is 132 Å². The summed E-state index contributed by atoms with van der Waals surface area (Å²) in [6.45, 7) is 2.22. The second-order valence-electron chi connectivity index (χ2n) is 5.04. The lowest BCUT2D eigenvalue weighted by Gasteiger charge is -2.10. The number of rotatable bonds is 4. The second kappa shape index (κ2) is 6.11. The van der Waals surface area contributed by atoms with Gasteiger partial charge in [0.15, 0.2) is 0 Å². The first-order valence-electron chi connectivity index (χ1n) is 6.98. The van der Waals surface area contributed by atoms with Crippen LogP contribution in [0.25, 0.3) is 10.1 Å². The van der Waals surface area contributed by atoms with Gasteiger partial charge in [0.25, 0.3) is 0 Å². The topological polar surface area (TPSA) is 0 Å². The van der Waals surface area contributed by atoms with E-state index in [0.717, 1.165) is 6.42 Å². The van der Waals surface area contributed by atoms with Crippen molar-refractivity contribution in [1.82, 2.24) is 0 Å². The van der Waals surface area contributed by atoms with E-state index in [2.05, 4.69) is 76.8 Å². The van der Waals surface area contributed by atoms with E-state index >= 15 is 0 Å². The Morgan fingerprint density at radius 3 is 2.55 bits per heavy atom. The molecule has 0 aliphatic heterocycles. The SMILES string of the molecule is CCCc1ccc(C(Br)c2csc3ccccc23)cc1. The van der Waals surface area contributed by atoms with Crippen LogP contribution < -0.4 is 0 Å². The van der Waals surface area contributed by atoms with Gasteiger partial charge in [0.1, 0.15) is 0 Å². The number of alkyl halides is 1. The third-order valence-electron chi connectivity index (χ3n) is 3.60. The zero-order chi connectivity index (χ0) is 13.9. The van der Waals surface area contributed by atoms with Gasteiger partial charge in [-0.15, -0.1) is 11.3 Å². The molecule has 0 saturated heterocycles. The minimum Gasteiger partial charge on any atom is -0.143 e. The zero-order valence-electron chi connectivity index (χ0n) is 11.5. The molecular weight excluding hydrogens is 328 g/mol. The number of thiophene rings is 1. The summed E-state index contributed by atoms with van der Waals surface area (Å²) in [5.41, 5.74) is 4.12. The van der Waals surface area contributed by atoms with E-state index < -0.39 is 0 Å². The Morgan fingerprint density at radius 1 is 1.05 bits per heavy atom. The minimum absolute atomic E-state index is 0.273. The van der Waals surface area contributed by atoms with Crippen LogP contribution in [-0.2, 0) is 6.42 Å². The predicted octanol–water partition coefficient (Wildman–Crippen LogP) is 6.34. The number of hydrogen-bond donors (Lipinski definition) is 0. The lowest BCUT2D eigenvalue weighted by Crippen LogP contribution is -1.92. The summed E-state index contributed by atoms with van der Waals surface area (Å²) in [7, 11) is 0. The normalized spacial score (nSPS) is 12.7. The summed E-state index contributed by atoms with van der Waals surface area (Å²) < 4.78 is 1.36. The second-order valence-corrected chi connectivity index (χ2v) is 6.87. The van der Waals surface area contributed by atoms with Crippen molar-refractivity contribution in [2.75, 3.05) is 0 Å². The molecule has 0 amide bonds. The Balaban J connectivity index is 1.93. The van der Waals surface area contributed by atoms with Crippen LogP contribution in [0.1, 0.15) is 34.9 Å². The van der Waals surface area contributed by atoms with Crippen LogP contribution >= 0.6 is 27.3 Å². The summed E-state index contributed by atoms with van der Waals surface area (Å²) in [6.07, 6.45) is 2.36. The molecule has 1 aromatic heterocycles. The van der Waals surface area contributed by atoms with E-state index in [4.69, 9.17) is 0 Å². The number of halogens is 1. The van der Waals surface area contributed by atoms with Crippen molar-refractivity contribution in [2.45, 2.75) is 24.6 Å². The first-order chi connectivity index (χ1) is 9.79. The molecule has 20 heavy (non-hydrogen) atoms. The average Bonchev–Trinajstić information content (AvgIpc) is 2.92. The van der Waals surface area contributed by atoms with Gasteiger partial charge < -0.3 is 0 Å². The van der Waals surface area contributed by atoms with E-state index in [1.54, 1.807) is 0 Å². The molecule has 0 aliphatic carbocycles. The van der Waals surface area contributed by atoms with Gasteiger partial charge in [-0.2, -0.15) is 0 Å². The number of fused-ring (bicyclic) bond motifs is 1. The van der Waals surface area contributed by atoms with Gasteiger partial charge in [-0.05, 0) is 39.9 Å². The third kappa shape index (κ3) is 2.68. The molecule has 2 aromatic carbocycles. The fraction of sp³-hybridized carbons (Fsp3) is 0.222. The maximum Gasteiger partial charge on any atom is 0.0658 e. The van der Waals surface area contributed by atoms with Crippen molar-refractivity contribution in [1.29, 1.82) is 0 Å². The quantitative estimate of drug-likeness (QED) is 0.484. The van der Waals surface area contributed by atoms with Crippen LogP contribution in [-0.4, -0.2) is 0 Å². The van der Waals surface area contributed by atoms with Crippen LogP contribution in [0.15, 0.2) is 53.9 Å². The molecule has 0 fully saturated rings. The molecule has 2 heteroatoms. The largest absolute Gasteiger partial charge is 0.143 e. The lowest BCUT2D eigenvalue weighted by molar-refractivity contribution is 0.920. The van der Waals surface area contributed by atoms with Crippen molar-refractivity contribution < 1.29 is 0 Å². The molecule has 102 valence electrons. The first kappa shape index (κ1) is 13.8. The molecule has 0 aliphatic rings. The van der Waals surface area contributed by atoms with Gasteiger partial charge in [0.05, 0.1) is 4.83 Å². The molecule has 1 atom stereocenters. The molecule has 1 unspecified atom stereocenters. The number of aryl methyl sites for hydroxylation is 1. The maximum atomic E-state index is 3.86. The van der Waals surface area contributed by atoms with Crippen molar-refractivity contribution in [3.8, 4) is 0 Å². The van der Waals surface area contributed by atoms with Gasteiger partial charge in [-0.3, -0.25) is 0 Å². The van der Waals surface area contributed by atoms with Crippen LogP contribution in [0.4, 0.5) is 0 Å². The van der Waals surface area contributed by atoms with Gasteiger partial charge in [0.2, 0.25) is 0 Å². The maximum absolute atomic E-state index is 3.86. The smallest absolute Gasteiger partial charge is 0.0658 e. The lowest BCUT2D eigenvalue weighted by atomic mass is 10.0. The van der Waals surface area contributed by atoms with E-state index in [9.17, 15) is 0 Å². The van der Waals surface area contributed by atoms with Crippen molar-refractivity contribution in [2.24, 2.45) is 0 Å². The zero-order valence-corrected chi connectivity index (χ0v) is 13.9. The minimum atomic E-state index is 0.273. The fourth-order valence-corrected chi connectivity index (χ4v) is 4.36. The summed E-state index contributed by atoms with van der Waals surface area (Å²) >= 11 is 5.68. The molecule has 0 saturated carbocycles. The molecule has 1 heterocycles. The standard InChI is InChI=1S/C18H17BrS/c1-2-5-13-8-10-14(11-9-13)18(19)16-12-20-17-7-4-3-6-15(16)17/h3-4,6-12,18H,2,5H2,1H3. The summed E-state index contributed by atoms with van der Waals surface area (Å²) in [5, 5.41) is 3.63. The highest BCUT2D eigenvalue weighted by atomic mass is 79.9. The molecule has 3 aromatic rings. The molecule has 0 N–H and O–H groups in total. The first-order valence-corrected chi connectivity index (χ1v) is 8.78. The Kier molecular flexibility index (Phi) is 4.23. The Bertz CT molecular complexity index is 697. The number of benzene rings is 2. The van der Waals surface area contributed by atoms with Crippen LogP contribution in [0.2, 0.25) is 0 Å². The molecule has 0 radical (unpaired) electrons. The highest BCUT2D eigenvalue weighted by Gasteiger charge is 2.14. The van der Waals surface area contributed by atoms with Crippen molar-refractivity contribution in [3.63, 3.8) is 0 Å². The van der Waals surface area contributed by atoms with E-state index in [0.29, 0.717) is 0 Å². The monoisotopic (exact) mass is 344 g/mol. The summed E-state index contributed by atoms with van der Waals surface area (Å²) in [4.78, 5) is 0.273. The fourth-order valence-electron chi connectivity index (χ4n) is 2.52. The van der Waals surface area contributed by atoms with Gasteiger partial charge in [0, 0.05) is 4.70 Å². The van der Waals surface area contributed by atoms with Crippen LogP contribution in [0, 0.1) is 0 Å². The van der Waals surface area contributed by atoms with Crippen LogP contribution in [0.3, 0.4) is 0 Å². The summed E-state index contributed by atoms with van der Waals surface area (Å²) in [5.74, 6) is 0. The average molecular weight is 345 g/mol. The van der Waals surface area contributed by atoms with E-state index in [-0.39, 0.29) is 4.83 Å². The number of hydrogen-bond acceptors (Lipinski definition) is 1. The molecular formula is C18H17BrS. The van der Waals surface area contributed by atoms with Gasteiger partial charge in [-0.1, -0.05) is 71.7 Å². The van der Waals surface area contributed by atoms with Crippen molar-refractivity contribution in [3.05, 3.63) is 70.6 Å². The molecule has 0 spiro atoms. The Hall–Kier alpha value is -1.12. The van der Waals surface area contributed by atoms with Crippen molar-refractivity contribution >= 4 is 37.4 Å². The molecule has 0 bridgehead atoms. The summed E-state index contributed by atoms with van der Waals surface area (Å²) in [6, 6.07) is 17.6. The van der Waals surface area contributed by atoms with Crippen LogP contribution in [0.5, 0.6) is 0 Å². The predicted molar refractivity (Wildman–Crippen MR) is 93.0 cm³/mol. The molecule has 0 nitrogen and oxygen atoms in total. The Morgan fingerprint density at radius 2 is 1.80 bits per heavy atom. The van der Waals surface area contributed by atoms with E-state index in [1.807, 2.05) is 11.3 Å².